The normalized spacial score (nSPS) is 16.2. The van der Waals surface area contributed by atoms with E-state index >= 15 is 0 Å². The molecule has 4 N–H and O–H groups in total. The minimum Gasteiger partial charge on any atom is -0.507 e. The highest BCUT2D eigenvalue weighted by atomic mass is 16.5. The molecular weight excluding hydrogens is 396 g/mol. The summed E-state index contributed by atoms with van der Waals surface area (Å²) in [6, 6.07) is 14.0. The van der Waals surface area contributed by atoms with Crippen LogP contribution >= 0.6 is 0 Å². The van der Waals surface area contributed by atoms with Crippen LogP contribution < -0.4 is 10.1 Å². The van der Waals surface area contributed by atoms with E-state index in [4.69, 9.17) is 9.84 Å². The van der Waals surface area contributed by atoms with E-state index in [1.807, 2.05) is 24.3 Å². The molecule has 160 valence electrons. The number of pyridine rings is 1. The molecule has 0 saturated heterocycles. The van der Waals surface area contributed by atoms with E-state index in [2.05, 4.69) is 10.3 Å². The minimum atomic E-state index is -1.16. The third kappa shape index (κ3) is 4.84. The van der Waals surface area contributed by atoms with Crippen LogP contribution in [0.3, 0.4) is 0 Å². The molecule has 0 unspecified atom stereocenters. The number of aliphatic hydroxyl groups is 1. The van der Waals surface area contributed by atoms with Gasteiger partial charge in [-0.1, -0.05) is 18.2 Å². The van der Waals surface area contributed by atoms with E-state index in [9.17, 15) is 15.0 Å². The van der Waals surface area contributed by atoms with Gasteiger partial charge in [0.2, 0.25) is 0 Å². The Labute approximate surface area is 180 Å². The summed E-state index contributed by atoms with van der Waals surface area (Å²) in [5.74, 6) is -0.588. The quantitative estimate of drug-likeness (QED) is 0.464. The van der Waals surface area contributed by atoms with Crippen molar-refractivity contribution in [3.63, 3.8) is 0 Å². The van der Waals surface area contributed by atoms with E-state index < -0.39 is 12.1 Å². The van der Waals surface area contributed by atoms with Crippen molar-refractivity contribution < 1.29 is 24.9 Å². The van der Waals surface area contributed by atoms with Crippen LogP contribution in [0.25, 0.3) is 11.1 Å². The van der Waals surface area contributed by atoms with Gasteiger partial charge in [0.25, 0.3) is 0 Å². The topological polar surface area (TPSA) is 112 Å². The number of aromatic carboxylic acids is 1. The molecule has 1 aromatic heterocycles. The van der Waals surface area contributed by atoms with Gasteiger partial charge in [0.15, 0.2) is 0 Å². The summed E-state index contributed by atoms with van der Waals surface area (Å²) in [6.45, 7) is 1.05. The fourth-order valence-corrected chi connectivity index (χ4v) is 3.73. The van der Waals surface area contributed by atoms with Crippen LogP contribution in [0.15, 0.2) is 60.9 Å². The number of phenols is 1. The minimum absolute atomic E-state index is 0.0124. The van der Waals surface area contributed by atoms with E-state index in [0.29, 0.717) is 13.1 Å². The SMILES string of the molecule is O=C(O)c1ccc(-c2ccc3c(c2)CC[C@H](CNC[C@@H](O)c2cccnc2)O3)cc1O. The molecule has 0 aliphatic carbocycles. The summed E-state index contributed by atoms with van der Waals surface area (Å²) < 4.78 is 6.10. The zero-order valence-corrected chi connectivity index (χ0v) is 16.9. The number of aromatic nitrogens is 1. The number of carboxylic acid groups (broad SMARTS) is 1. The number of hydrogen-bond acceptors (Lipinski definition) is 6. The Morgan fingerprint density at radius 1 is 1.19 bits per heavy atom. The monoisotopic (exact) mass is 420 g/mol. The molecule has 0 bridgehead atoms. The van der Waals surface area contributed by atoms with Crippen LogP contribution in [0.2, 0.25) is 0 Å². The van der Waals surface area contributed by atoms with Crippen LogP contribution in [0.5, 0.6) is 11.5 Å². The number of ether oxygens (including phenoxy) is 1. The van der Waals surface area contributed by atoms with Crippen LogP contribution in [-0.2, 0) is 6.42 Å². The number of nitrogens with one attached hydrogen (secondary N) is 1. The largest absolute Gasteiger partial charge is 0.507 e. The lowest BCUT2D eigenvalue weighted by Gasteiger charge is -2.27. The average molecular weight is 420 g/mol. The molecule has 7 nitrogen and oxygen atoms in total. The van der Waals surface area contributed by atoms with Gasteiger partial charge in [-0.05, 0) is 59.9 Å². The lowest BCUT2D eigenvalue weighted by molar-refractivity contribution is 0.0693. The Morgan fingerprint density at radius 2 is 2.00 bits per heavy atom. The highest BCUT2D eigenvalue weighted by Gasteiger charge is 2.21. The number of rotatable bonds is 7. The Hall–Kier alpha value is -3.42. The first-order valence-corrected chi connectivity index (χ1v) is 10.2. The zero-order chi connectivity index (χ0) is 21.8. The maximum absolute atomic E-state index is 11.1. The maximum atomic E-state index is 11.1. The molecule has 7 heteroatoms. The van der Waals surface area contributed by atoms with E-state index in [-0.39, 0.29) is 17.4 Å². The van der Waals surface area contributed by atoms with E-state index in [1.165, 1.54) is 12.1 Å². The first kappa shape index (κ1) is 20.8. The molecule has 0 amide bonds. The van der Waals surface area contributed by atoms with Gasteiger partial charge >= 0.3 is 5.97 Å². The fourth-order valence-electron chi connectivity index (χ4n) is 3.73. The van der Waals surface area contributed by atoms with E-state index in [0.717, 1.165) is 40.8 Å². The van der Waals surface area contributed by atoms with Crippen LogP contribution in [0, 0.1) is 0 Å². The second kappa shape index (κ2) is 9.16. The van der Waals surface area contributed by atoms with Crippen LogP contribution in [0.4, 0.5) is 0 Å². The first-order chi connectivity index (χ1) is 15.0. The molecule has 4 rings (SSSR count). The number of benzene rings is 2. The summed E-state index contributed by atoms with van der Waals surface area (Å²) in [6.07, 6.45) is 4.42. The van der Waals surface area contributed by atoms with Crippen molar-refractivity contribution in [2.24, 2.45) is 0 Å². The highest BCUT2D eigenvalue weighted by Crippen LogP contribution is 2.33. The summed E-state index contributed by atoms with van der Waals surface area (Å²) in [4.78, 5) is 15.1. The molecule has 2 atom stereocenters. The van der Waals surface area contributed by atoms with Crippen molar-refractivity contribution in [3.05, 3.63) is 77.6 Å². The van der Waals surface area contributed by atoms with Crippen molar-refractivity contribution >= 4 is 5.97 Å². The zero-order valence-electron chi connectivity index (χ0n) is 16.9. The van der Waals surface area contributed by atoms with Gasteiger partial charge in [-0.25, -0.2) is 4.79 Å². The van der Waals surface area contributed by atoms with Crippen molar-refractivity contribution in [2.45, 2.75) is 25.0 Å². The lowest BCUT2D eigenvalue weighted by atomic mass is 9.96. The maximum Gasteiger partial charge on any atom is 0.339 e. The second-order valence-electron chi connectivity index (χ2n) is 7.60. The summed E-state index contributed by atoms with van der Waals surface area (Å²) in [7, 11) is 0. The first-order valence-electron chi connectivity index (χ1n) is 10.2. The predicted molar refractivity (Wildman–Crippen MR) is 115 cm³/mol. The molecule has 31 heavy (non-hydrogen) atoms. The van der Waals surface area contributed by atoms with Gasteiger partial charge in [-0.2, -0.15) is 0 Å². The fraction of sp³-hybridized carbons (Fsp3) is 0.250. The van der Waals surface area contributed by atoms with Gasteiger partial charge in [0, 0.05) is 31.0 Å². The van der Waals surface area contributed by atoms with Crippen LogP contribution in [0.1, 0.15) is 34.0 Å². The number of carboxylic acids is 1. The van der Waals surface area contributed by atoms with Gasteiger partial charge in [-0.15, -0.1) is 0 Å². The molecule has 0 radical (unpaired) electrons. The predicted octanol–water partition coefficient (Wildman–Crippen LogP) is 3.17. The molecule has 3 aromatic rings. The number of aliphatic hydroxyl groups excluding tert-OH is 1. The molecular formula is C24H24N2O5. The number of aryl methyl sites for hydroxylation is 1. The number of fused-ring (bicyclic) bond motifs is 1. The van der Waals surface area contributed by atoms with Gasteiger partial charge in [0.1, 0.15) is 23.2 Å². The number of carbonyl (C=O) groups is 1. The third-order valence-corrected chi connectivity index (χ3v) is 5.43. The lowest BCUT2D eigenvalue weighted by Crippen LogP contribution is -2.36. The Balaban J connectivity index is 1.36. The molecule has 1 aliphatic rings. The van der Waals surface area contributed by atoms with Crippen molar-refractivity contribution in [2.75, 3.05) is 13.1 Å². The standard InChI is InChI=1S/C24H24N2O5/c27-21-11-16(4-7-20(21)24(29)30)15-5-8-23-17(10-15)3-6-19(31-23)13-26-14-22(28)18-2-1-9-25-12-18/h1-2,4-5,7-12,19,22,26-28H,3,6,13-14H2,(H,29,30)/t19-,22-/m1/s1. The smallest absolute Gasteiger partial charge is 0.339 e. The van der Waals surface area contributed by atoms with Crippen molar-refractivity contribution in [1.82, 2.24) is 10.3 Å². The number of aromatic hydroxyl groups is 1. The third-order valence-electron chi connectivity index (χ3n) is 5.43. The highest BCUT2D eigenvalue weighted by molar-refractivity contribution is 5.91. The number of nitrogens with zero attached hydrogens (tertiary/aromatic N) is 1. The van der Waals surface area contributed by atoms with E-state index in [1.54, 1.807) is 24.5 Å². The molecule has 0 fully saturated rings. The average Bonchev–Trinajstić information content (AvgIpc) is 2.79. The summed E-state index contributed by atoms with van der Waals surface area (Å²) in [5, 5.41) is 32.5. The summed E-state index contributed by atoms with van der Waals surface area (Å²) >= 11 is 0. The van der Waals surface area contributed by atoms with Crippen molar-refractivity contribution in [3.8, 4) is 22.6 Å². The van der Waals surface area contributed by atoms with Gasteiger partial charge < -0.3 is 25.4 Å². The van der Waals surface area contributed by atoms with Gasteiger partial charge in [0.05, 0.1) is 6.10 Å². The van der Waals surface area contributed by atoms with Gasteiger partial charge in [-0.3, -0.25) is 4.98 Å². The summed E-state index contributed by atoms with van der Waals surface area (Å²) in [5.41, 5.74) is 3.38. The second-order valence-corrected chi connectivity index (χ2v) is 7.60. The van der Waals surface area contributed by atoms with Crippen LogP contribution in [-0.4, -0.2) is 45.5 Å². The molecule has 0 spiro atoms. The molecule has 2 heterocycles. The Bertz CT molecular complexity index is 1070. The number of hydrogen-bond donors (Lipinski definition) is 4. The molecule has 2 aromatic carbocycles. The Kier molecular flexibility index (Phi) is 6.16. The van der Waals surface area contributed by atoms with Crippen molar-refractivity contribution in [1.29, 1.82) is 0 Å². The Morgan fingerprint density at radius 3 is 2.74 bits per heavy atom. The molecule has 0 saturated carbocycles. The molecule has 1 aliphatic heterocycles.